The van der Waals surface area contributed by atoms with E-state index in [0.29, 0.717) is 39.9 Å². The van der Waals surface area contributed by atoms with E-state index >= 15 is 0 Å². The summed E-state index contributed by atoms with van der Waals surface area (Å²) in [5, 5.41) is 10.0. The molecule has 2 aliphatic rings. The maximum Gasteiger partial charge on any atom is 0.254 e. The predicted octanol–water partition coefficient (Wildman–Crippen LogP) is 2.60. The van der Waals surface area contributed by atoms with E-state index in [1.54, 1.807) is 16.8 Å². The van der Waals surface area contributed by atoms with Gasteiger partial charge in [0.1, 0.15) is 17.5 Å². The molecule has 7 nitrogen and oxygen atoms in total. The van der Waals surface area contributed by atoms with Crippen LogP contribution >= 0.6 is 0 Å². The zero-order valence-corrected chi connectivity index (χ0v) is 15.8. The number of amides is 2. The number of hydrogen-bond acceptors (Lipinski definition) is 5. The third-order valence-electron chi connectivity index (χ3n) is 5.01. The molecule has 1 saturated carbocycles. The molecule has 3 heterocycles. The zero-order valence-electron chi connectivity index (χ0n) is 15.8. The van der Waals surface area contributed by atoms with Crippen LogP contribution in [0.1, 0.15) is 36.1 Å². The number of halogens is 2. The highest BCUT2D eigenvalue weighted by Crippen LogP contribution is 2.27. The van der Waals surface area contributed by atoms with Crippen LogP contribution in [0.4, 0.5) is 14.6 Å². The van der Waals surface area contributed by atoms with Gasteiger partial charge in [0.15, 0.2) is 5.65 Å². The summed E-state index contributed by atoms with van der Waals surface area (Å²) in [5.74, 6) is -1.35. The fourth-order valence-corrected chi connectivity index (χ4v) is 3.49. The van der Waals surface area contributed by atoms with Crippen LogP contribution in [-0.2, 0) is 16.0 Å². The molecule has 1 aromatic carbocycles. The summed E-state index contributed by atoms with van der Waals surface area (Å²) < 4.78 is 28.8. The van der Waals surface area contributed by atoms with Crippen molar-refractivity contribution >= 4 is 29.4 Å². The summed E-state index contributed by atoms with van der Waals surface area (Å²) in [4.78, 5) is 28.0. The van der Waals surface area contributed by atoms with Crippen LogP contribution in [0.15, 0.2) is 36.0 Å². The number of carbonyl (C=O) groups excluding carboxylic acids is 2. The molecule has 2 aromatic heterocycles. The largest absolute Gasteiger partial charge is 0.367 e. The van der Waals surface area contributed by atoms with Crippen molar-refractivity contribution in [2.75, 3.05) is 5.32 Å². The number of fused-ring (bicyclic) bond motifs is 1. The standard InChI is InChI=1S/C21H17F2N5O2/c22-14-3-11(4-15(23)8-14)5-17-9-18(25-16-1-2-16)28-20(26-17)13(10-24-28)6-12-7-19(29)27-21(12)30/h3-4,6,8-10,16,25H,1-2,5,7H2,(H,27,29,30)/b12-6+. The highest BCUT2D eigenvalue weighted by atomic mass is 19.1. The Balaban J connectivity index is 1.58. The molecule has 0 bridgehead atoms. The summed E-state index contributed by atoms with van der Waals surface area (Å²) in [5.41, 5.74) is 2.48. The Morgan fingerprint density at radius 1 is 1.17 bits per heavy atom. The van der Waals surface area contributed by atoms with Crippen LogP contribution in [-0.4, -0.2) is 32.5 Å². The lowest BCUT2D eigenvalue weighted by atomic mass is 10.1. The van der Waals surface area contributed by atoms with Gasteiger partial charge in [-0.2, -0.15) is 9.61 Å². The van der Waals surface area contributed by atoms with Crippen LogP contribution in [0.25, 0.3) is 11.7 Å². The van der Waals surface area contributed by atoms with Gasteiger partial charge in [0.25, 0.3) is 5.91 Å². The van der Waals surface area contributed by atoms with Crippen LogP contribution in [0.5, 0.6) is 0 Å². The van der Waals surface area contributed by atoms with Crippen LogP contribution in [0.2, 0.25) is 0 Å². The highest BCUT2D eigenvalue weighted by Gasteiger charge is 2.25. The number of hydrogen-bond donors (Lipinski definition) is 2. The van der Waals surface area contributed by atoms with Gasteiger partial charge < -0.3 is 5.32 Å². The van der Waals surface area contributed by atoms with Gasteiger partial charge in [0.05, 0.1) is 18.3 Å². The first-order valence-electron chi connectivity index (χ1n) is 9.58. The van der Waals surface area contributed by atoms with E-state index in [1.807, 2.05) is 6.07 Å². The normalized spacial score (nSPS) is 17.7. The lowest BCUT2D eigenvalue weighted by molar-refractivity contribution is -0.124. The number of carbonyl (C=O) groups is 2. The van der Waals surface area contributed by atoms with E-state index < -0.39 is 17.5 Å². The monoisotopic (exact) mass is 409 g/mol. The molecule has 0 radical (unpaired) electrons. The molecule has 3 aromatic rings. The molecular weight excluding hydrogens is 392 g/mol. The average Bonchev–Trinajstić information content (AvgIpc) is 3.30. The second-order valence-corrected chi connectivity index (χ2v) is 7.56. The number of nitrogens with one attached hydrogen (secondary N) is 2. The summed E-state index contributed by atoms with van der Waals surface area (Å²) in [7, 11) is 0. The molecular formula is C21H17F2N5O2. The Hall–Kier alpha value is -3.62. The lowest BCUT2D eigenvalue weighted by Gasteiger charge is -2.10. The molecule has 9 heteroatoms. The maximum atomic E-state index is 13.6. The molecule has 5 rings (SSSR count). The van der Waals surface area contributed by atoms with E-state index in [1.165, 1.54) is 12.1 Å². The van der Waals surface area contributed by atoms with Gasteiger partial charge in [0, 0.05) is 35.7 Å². The minimum atomic E-state index is -0.644. The Morgan fingerprint density at radius 2 is 1.93 bits per heavy atom. The fraction of sp³-hybridized carbons (Fsp3) is 0.238. The number of benzene rings is 1. The first-order valence-corrected chi connectivity index (χ1v) is 9.58. The van der Waals surface area contributed by atoms with Crippen molar-refractivity contribution < 1.29 is 18.4 Å². The second-order valence-electron chi connectivity index (χ2n) is 7.56. The Bertz CT molecular complexity index is 1210. The maximum absolute atomic E-state index is 13.6. The average molecular weight is 409 g/mol. The third kappa shape index (κ3) is 3.66. The molecule has 2 fully saturated rings. The van der Waals surface area contributed by atoms with Gasteiger partial charge in [-0.15, -0.1) is 0 Å². The highest BCUT2D eigenvalue weighted by molar-refractivity contribution is 6.15. The minimum Gasteiger partial charge on any atom is -0.367 e. The number of aromatic nitrogens is 3. The van der Waals surface area contributed by atoms with Gasteiger partial charge in [-0.1, -0.05) is 0 Å². The van der Waals surface area contributed by atoms with Crippen molar-refractivity contribution in [3.63, 3.8) is 0 Å². The Kier molecular flexibility index (Phi) is 4.30. The molecule has 1 aliphatic carbocycles. The number of anilines is 1. The molecule has 1 saturated heterocycles. The quantitative estimate of drug-likeness (QED) is 0.500. The molecule has 2 N–H and O–H groups in total. The Labute approximate surface area is 169 Å². The van der Waals surface area contributed by atoms with E-state index in [2.05, 4.69) is 20.7 Å². The summed E-state index contributed by atoms with van der Waals surface area (Å²) in [6.07, 6.45) is 5.51. The SMILES string of the molecule is O=C1C/C(=C\c2cnn3c(NC4CC4)cc(Cc4cc(F)cc(F)c4)nc23)C(=O)N1. The molecule has 152 valence electrons. The van der Waals surface area contributed by atoms with Crippen molar-refractivity contribution in [2.45, 2.75) is 31.7 Å². The topological polar surface area (TPSA) is 88.4 Å². The summed E-state index contributed by atoms with van der Waals surface area (Å²) >= 11 is 0. The van der Waals surface area contributed by atoms with Gasteiger partial charge in [-0.3, -0.25) is 14.9 Å². The van der Waals surface area contributed by atoms with Crippen molar-refractivity contribution in [1.29, 1.82) is 0 Å². The Morgan fingerprint density at radius 3 is 2.60 bits per heavy atom. The second kappa shape index (κ2) is 7.01. The molecule has 1 aliphatic heterocycles. The van der Waals surface area contributed by atoms with Crippen molar-refractivity contribution in [2.24, 2.45) is 0 Å². The first-order chi connectivity index (χ1) is 14.4. The van der Waals surface area contributed by atoms with Gasteiger partial charge in [0.2, 0.25) is 5.91 Å². The fourth-order valence-electron chi connectivity index (χ4n) is 3.49. The smallest absolute Gasteiger partial charge is 0.254 e. The number of imide groups is 1. The molecule has 30 heavy (non-hydrogen) atoms. The van der Waals surface area contributed by atoms with E-state index in [-0.39, 0.29) is 18.7 Å². The van der Waals surface area contributed by atoms with Crippen LogP contribution in [0.3, 0.4) is 0 Å². The van der Waals surface area contributed by atoms with E-state index in [0.717, 1.165) is 18.9 Å². The van der Waals surface area contributed by atoms with Crippen molar-refractivity contribution in [3.05, 3.63) is 64.5 Å². The van der Waals surface area contributed by atoms with Gasteiger partial charge in [-0.05, 0) is 36.6 Å². The first kappa shape index (κ1) is 18.4. The summed E-state index contributed by atoms with van der Waals surface area (Å²) in [6.45, 7) is 0. The van der Waals surface area contributed by atoms with Crippen molar-refractivity contribution in [1.82, 2.24) is 19.9 Å². The van der Waals surface area contributed by atoms with E-state index in [4.69, 9.17) is 0 Å². The zero-order chi connectivity index (χ0) is 20.8. The molecule has 0 spiro atoms. The number of nitrogens with zero attached hydrogens (tertiary/aromatic N) is 3. The molecule has 2 amide bonds. The minimum absolute atomic E-state index is 0.00557. The van der Waals surface area contributed by atoms with Crippen LogP contribution < -0.4 is 10.6 Å². The van der Waals surface area contributed by atoms with Crippen LogP contribution in [0, 0.1) is 11.6 Å². The molecule has 0 atom stereocenters. The van der Waals surface area contributed by atoms with Crippen molar-refractivity contribution in [3.8, 4) is 0 Å². The van der Waals surface area contributed by atoms with Gasteiger partial charge in [-0.25, -0.2) is 13.8 Å². The molecule has 0 unspecified atom stereocenters. The number of rotatable bonds is 5. The lowest BCUT2D eigenvalue weighted by Crippen LogP contribution is -2.19. The van der Waals surface area contributed by atoms with E-state index in [9.17, 15) is 18.4 Å². The predicted molar refractivity (Wildman–Crippen MR) is 105 cm³/mol. The third-order valence-corrected chi connectivity index (χ3v) is 5.01. The van der Waals surface area contributed by atoms with Gasteiger partial charge >= 0.3 is 0 Å². The summed E-state index contributed by atoms with van der Waals surface area (Å²) in [6, 6.07) is 5.53.